The molecule has 0 aromatic carbocycles. The van der Waals surface area contributed by atoms with Crippen molar-refractivity contribution in [1.82, 2.24) is 15.1 Å². The Labute approximate surface area is 78.2 Å². The molecular formula is C8H6FN3O2. The van der Waals surface area contributed by atoms with Crippen LogP contribution >= 0.6 is 0 Å². The second-order valence-corrected chi connectivity index (χ2v) is 2.53. The van der Waals surface area contributed by atoms with Gasteiger partial charge in [0, 0.05) is 6.20 Å². The molecule has 6 heteroatoms. The van der Waals surface area contributed by atoms with E-state index in [2.05, 4.69) is 15.1 Å². The van der Waals surface area contributed by atoms with E-state index in [1.165, 1.54) is 12.3 Å². The minimum atomic E-state index is -0.541. The van der Waals surface area contributed by atoms with Crippen LogP contribution in [0.25, 0.3) is 11.5 Å². The predicted molar refractivity (Wildman–Crippen MR) is 43.4 cm³/mol. The van der Waals surface area contributed by atoms with E-state index in [1.54, 1.807) is 0 Å². The predicted octanol–water partition coefficient (Wildman–Crippen LogP) is 0.763. The zero-order chi connectivity index (χ0) is 9.97. The van der Waals surface area contributed by atoms with Crippen LogP contribution in [-0.4, -0.2) is 20.2 Å². The average molecular weight is 195 g/mol. The fourth-order valence-electron chi connectivity index (χ4n) is 0.976. The summed E-state index contributed by atoms with van der Waals surface area (Å²) < 4.78 is 17.9. The summed E-state index contributed by atoms with van der Waals surface area (Å²) in [6.45, 7) is -0.337. The quantitative estimate of drug-likeness (QED) is 0.765. The number of halogens is 1. The molecule has 0 radical (unpaired) electrons. The minimum Gasteiger partial charge on any atom is -0.388 e. The van der Waals surface area contributed by atoms with Crippen LogP contribution in [0, 0.1) is 5.82 Å². The van der Waals surface area contributed by atoms with Gasteiger partial charge in [-0.2, -0.15) is 4.98 Å². The smallest absolute Gasteiger partial charge is 0.261 e. The molecule has 2 heterocycles. The number of rotatable bonds is 2. The van der Waals surface area contributed by atoms with E-state index < -0.39 is 5.82 Å². The van der Waals surface area contributed by atoms with Crippen molar-refractivity contribution in [3.63, 3.8) is 0 Å². The van der Waals surface area contributed by atoms with Gasteiger partial charge < -0.3 is 9.63 Å². The molecule has 5 nitrogen and oxygen atoms in total. The highest BCUT2D eigenvalue weighted by molar-refractivity contribution is 5.52. The Kier molecular flexibility index (Phi) is 2.19. The first kappa shape index (κ1) is 8.76. The molecule has 0 amide bonds. The Morgan fingerprint density at radius 3 is 3.00 bits per heavy atom. The second-order valence-electron chi connectivity index (χ2n) is 2.53. The van der Waals surface area contributed by atoms with E-state index in [1.807, 2.05) is 0 Å². The fraction of sp³-hybridized carbons (Fsp3) is 0.125. The zero-order valence-corrected chi connectivity index (χ0v) is 7.01. The first-order valence-electron chi connectivity index (χ1n) is 3.84. The Balaban J connectivity index is 2.44. The molecule has 0 spiro atoms. The van der Waals surface area contributed by atoms with Gasteiger partial charge in [0.2, 0.25) is 0 Å². The summed E-state index contributed by atoms with van der Waals surface area (Å²) in [4.78, 5) is 7.35. The Hall–Kier alpha value is -1.82. The summed E-state index contributed by atoms with van der Waals surface area (Å²) in [7, 11) is 0. The maximum Gasteiger partial charge on any atom is 0.261 e. The largest absolute Gasteiger partial charge is 0.388 e. The molecule has 0 aliphatic carbocycles. The lowest BCUT2D eigenvalue weighted by molar-refractivity contribution is 0.264. The van der Waals surface area contributed by atoms with Crippen molar-refractivity contribution in [2.75, 3.05) is 0 Å². The third kappa shape index (κ3) is 1.47. The summed E-state index contributed by atoms with van der Waals surface area (Å²) >= 11 is 0. The van der Waals surface area contributed by atoms with Gasteiger partial charge in [0.25, 0.3) is 5.89 Å². The third-order valence-electron chi connectivity index (χ3n) is 1.61. The van der Waals surface area contributed by atoms with Gasteiger partial charge in [-0.25, -0.2) is 4.39 Å². The molecule has 0 bridgehead atoms. The molecule has 0 saturated heterocycles. The van der Waals surface area contributed by atoms with Crippen molar-refractivity contribution in [1.29, 1.82) is 0 Å². The van der Waals surface area contributed by atoms with Gasteiger partial charge in [-0.05, 0) is 6.07 Å². The average Bonchev–Trinajstić information content (AvgIpc) is 2.67. The van der Waals surface area contributed by atoms with Crippen molar-refractivity contribution in [3.05, 3.63) is 30.1 Å². The van der Waals surface area contributed by atoms with Gasteiger partial charge in [0.1, 0.15) is 6.61 Å². The van der Waals surface area contributed by atoms with E-state index in [0.29, 0.717) is 0 Å². The standard InChI is InChI=1S/C8H6FN3O2/c9-6-3-10-2-1-5(6)8-11-7(4-13)12-14-8/h1-3,13H,4H2. The monoisotopic (exact) mass is 195 g/mol. The number of aliphatic hydroxyl groups is 1. The number of pyridine rings is 1. The van der Waals surface area contributed by atoms with Gasteiger partial charge >= 0.3 is 0 Å². The van der Waals surface area contributed by atoms with E-state index in [4.69, 9.17) is 9.63 Å². The normalized spacial score (nSPS) is 10.4. The fourth-order valence-corrected chi connectivity index (χ4v) is 0.976. The molecule has 0 atom stereocenters. The highest BCUT2D eigenvalue weighted by Crippen LogP contribution is 2.19. The van der Waals surface area contributed by atoms with Crippen molar-refractivity contribution in [2.24, 2.45) is 0 Å². The van der Waals surface area contributed by atoms with Gasteiger partial charge in [-0.3, -0.25) is 4.98 Å². The van der Waals surface area contributed by atoms with Crippen molar-refractivity contribution < 1.29 is 14.0 Å². The maximum atomic E-state index is 13.1. The molecule has 0 aliphatic heterocycles. The van der Waals surface area contributed by atoms with E-state index >= 15 is 0 Å². The van der Waals surface area contributed by atoms with Crippen molar-refractivity contribution in [2.45, 2.75) is 6.61 Å². The Morgan fingerprint density at radius 1 is 1.50 bits per heavy atom. The molecule has 2 rings (SSSR count). The molecule has 0 fully saturated rings. The molecule has 72 valence electrons. The van der Waals surface area contributed by atoms with Crippen LogP contribution in [0.3, 0.4) is 0 Å². The molecular weight excluding hydrogens is 189 g/mol. The first-order valence-corrected chi connectivity index (χ1v) is 3.84. The van der Waals surface area contributed by atoms with Crippen molar-refractivity contribution in [3.8, 4) is 11.5 Å². The highest BCUT2D eigenvalue weighted by atomic mass is 19.1. The first-order chi connectivity index (χ1) is 6.81. The molecule has 0 saturated carbocycles. The lowest BCUT2D eigenvalue weighted by Crippen LogP contribution is -1.87. The summed E-state index contributed by atoms with van der Waals surface area (Å²) in [5.41, 5.74) is 0.173. The Bertz CT molecular complexity index is 444. The van der Waals surface area contributed by atoms with Crippen LogP contribution in [0.4, 0.5) is 4.39 Å². The Morgan fingerprint density at radius 2 is 2.36 bits per heavy atom. The SMILES string of the molecule is OCc1noc(-c2ccncc2F)n1. The van der Waals surface area contributed by atoms with Gasteiger partial charge in [-0.15, -0.1) is 0 Å². The van der Waals surface area contributed by atoms with Gasteiger partial charge in [-0.1, -0.05) is 5.16 Å². The molecule has 1 N–H and O–H groups in total. The summed E-state index contributed by atoms with van der Waals surface area (Å²) in [5.74, 6) is -0.384. The molecule has 0 aliphatic rings. The summed E-state index contributed by atoms with van der Waals surface area (Å²) in [6.07, 6.45) is 2.47. The van der Waals surface area contributed by atoms with E-state index in [0.717, 1.165) is 6.20 Å². The summed E-state index contributed by atoms with van der Waals surface area (Å²) in [5, 5.41) is 12.1. The number of aliphatic hydroxyl groups excluding tert-OH is 1. The molecule has 2 aromatic rings. The summed E-state index contributed by atoms with van der Waals surface area (Å²) in [6, 6.07) is 1.42. The number of hydrogen-bond acceptors (Lipinski definition) is 5. The van der Waals surface area contributed by atoms with Gasteiger partial charge in [0.05, 0.1) is 11.8 Å². The van der Waals surface area contributed by atoms with E-state index in [-0.39, 0.29) is 23.9 Å². The van der Waals surface area contributed by atoms with Crippen LogP contribution < -0.4 is 0 Å². The molecule has 0 unspecified atom stereocenters. The topological polar surface area (TPSA) is 72.0 Å². The van der Waals surface area contributed by atoms with E-state index in [9.17, 15) is 4.39 Å². The number of hydrogen-bond donors (Lipinski definition) is 1. The minimum absolute atomic E-state index is 0.0361. The van der Waals surface area contributed by atoms with Crippen LogP contribution in [0.5, 0.6) is 0 Å². The van der Waals surface area contributed by atoms with Crippen LogP contribution in [0.15, 0.2) is 23.0 Å². The van der Waals surface area contributed by atoms with Crippen LogP contribution in [-0.2, 0) is 6.61 Å². The highest BCUT2D eigenvalue weighted by Gasteiger charge is 2.11. The molecule has 2 aromatic heterocycles. The van der Waals surface area contributed by atoms with Crippen LogP contribution in [0.1, 0.15) is 5.82 Å². The second kappa shape index (κ2) is 3.51. The number of aromatic nitrogens is 3. The molecule has 14 heavy (non-hydrogen) atoms. The maximum absolute atomic E-state index is 13.1. The van der Waals surface area contributed by atoms with Crippen molar-refractivity contribution >= 4 is 0 Å². The lowest BCUT2D eigenvalue weighted by Gasteiger charge is -1.93. The third-order valence-corrected chi connectivity index (χ3v) is 1.61. The lowest BCUT2D eigenvalue weighted by atomic mass is 10.2. The number of nitrogens with zero attached hydrogens (tertiary/aromatic N) is 3. The van der Waals surface area contributed by atoms with Gasteiger partial charge in [0.15, 0.2) is 11.6 Å². The van der Waals surface area contributed by atoms with Crippen LogP contribution in [0.2, 0.25) is 0 Å². The zero-order valence-electron chi connectivity index (χ0n) is 7.01.